The molecule has 8 N–H and O–H groups in total. The zero-order valence-electron chi connectivity index (χ0n) is 19.6. The third kappa shape index (κ3) is 5.51. The van der Waals surface area contributed by atoms with Gasteiger partial charge in [-0.2, -0.15) is 0 Å². The summed E-state index contributed by atoms with van der Waals surface area (Å²) in [6.07, 6.45) is -10.2. The van der Waals surface area contributed by atoms with Gasteiger partial charge in [-0.05, 0) is 18.2 Å². The van der Waals surface area contributed by atoms with Crippen LogP contribution in [0.15, 0.2) is 39.5 Å². The highest BCUT2D eigenvalue weighted by atomic mass is 16.7. The van der Waals surface area contributed by atoms with Crippen LogP contribution >= 0.6 is 0 Å². The third-order valence-electron chi connectivity index (χ3n) is 5.76. The van der Waals surface area contributed by atoms with Crippen LogP contribution in [0.5, 0.6) is 28.7 Å². The number of aliphatic hydroxyl groups is 3. The molecule has 0 bridgehead atoms. The standard InChI is InChI=1S/C24H22O15/c25-9-4-12(28)17-13(5-9)37-22(8-1-2-10(26)11(27)3-8)23(19(17)33)39-24-21(35)20(34)18(32)14(38-24)7-36-16(31)6-15(29)30/h1-5,14,18,20-21,24-28,32,34-35H,6-7H2,(H,29,30)/t14-,18+,20-,21-,24-/m1/s1. The van der Waals surface area contributed by atoms with Gasteiger partial charge in [0, 0.05) is 17.7 Å². The lowest BCUT2D eigenvalue weighted by molar-refractivity contribution is -0.278. The normalized spacial score (nSPS) is 22.9. The molecule has 1 aliphatic heterocycles. The number of carbonyl (C=O) groups is 2. The van der Waals surface area contributed by atoms with E-state index in [2.05, 4.69) is 0 Å². The van der Waals surface area contributed by atoms with E-state index in [1.165, 1.54) is 6.07 Å². The van der Waals surface area contributed by atoms with Crippen molar-refractivity contribution in [3.63, 3.8) is 0 Å². The molecule has 39 heavy (non-hydrogen) atoms. The molecular formula is C24H22O15. The van der Waals surface area contributed by atoms with Gasteiger partial charge in [0.1, 0.15) is 59.9 Å². The first kappa shape index (κ1) is 27.5. The van der Waals surface area contributed by atoms with Gasteiger partial charge in [-0.1, -0.05) is 0 Å². The topological polar surface area (TPSA) is 254 Å². The number of rotatable bonds is 7. The van der Waals surface area contributed by atoms with Crippen LogP contribution in [0.4, 0.5) is 0 Å². The highest BCUT2D eigenvalue weighted by Crippen LogP contribution is 2.39. The number of aliphatic hydroxyl groups excluding tert-OH is 3. The number of aromatic hydroxyl groups is 4. The fourth-order valence-corrected chi connectivity index (χ4v) is 3.85. The molecule has 5 atom stereocenters. The number of ether oxygens (including phenoxy) is 3. The largest absolute Gasteiger partial charge is 0.508 e. The van der Waals surface area contributed by atoms with E-state index in [-0.39, 0.29) is 11.1 Å². The summed E-state index contributed by atoms with van der Waals surface area (Å²) in [5.41, 5.74) is -1.40. The minimum Gasteiger partial charge on any atom is -0.508 e. The molecule has 4 rings (SSSR count). The van der Waals surface area contributed by atoms with Crippen LogP contribution in [-0.4, -0.2) is 90.1 Å². The van der Waals surface area contributed by atoms with E-state index in [4.69, 9.17) is 23.7 Å². The van der Waals surface area contributed by atoms with Crippen LogP contribution in [-0.2, 0) is 19.1 Å². The first-order valence-corrected chi connectivity index (χ1v) is 11.2. The summed E-state index contributed by atoms with van der Waals surface area (Å²) < 4.78 is 21.4. The predicted octanol–water partition coefficient (Wildman–Crippen LogP) is -0.513. The number of fused-ring (bicyclic) bond motifs is 1. The Balaban J connectivity index is 1.76. The number of hydrogen-bond acceptors (Lipinski definition) is 14. The molecule has 208 valence electrons. The van der Waals surface area contributed by atoms with Gasteiger partial charge in [-0.3, -0.25) is 14.4 Å². The average molecular weight is 550 g/mol. The Hall–Kier alpha value is -4.57. The molecule has 0 amide bonds. The molecule has 0 spiro atoms. The number of aliphatic carboxylic acids is 1. The van der Waals surface area contributed by atoms with Crippen LogP contribution < -0.4 is 10.2 Å². The lowest BCUT2D eigenvalue weighted by atomic mass is 9.99. The maximum absolute atomic E-state index is 13.4. The van der Waals surface area contributed by atoms with E-state index >= 15 is 0 Å². The quantitative estimate of drug-likeness (QED) is 0.105. The van der Waals surface area contributed by atoms with Crippen molar-refractivity contribution >= 4 is 22.9 Å². The van der Waals surface area contributed by atoms with Gasteiger partial charge in [0.05, 0.1) is 0 Å². The van der Waals surface area contributed by atoms with Crippen molar-refractivity contribution in [2.75, 3.05) is 6.61 Å². The van der Waals surface area contributed by atoms with E-state index in [0.29, 0.717) is 0 Å². The Bertz CT molecular complexity index is 1480. The van der Waals surface area contributed by atoms with E-state index < -0.39 is 101 Å². The van der Waals surface area contributed by atoms with Crippen LogP contribution in [0.2, 0.25) is 0 Å². The highest BCUT2D eigenvalue weighted by molar-refractivity contribution is 5.90. The average Bonchev–Trinajstić information content (AvgIpc) is 2.85. The summed E-state index contributed by atoms with van der Waals surface area (Å²) in [5, 5.41) is 79.0. The van der Waals surface area contributed by atoms with Crippen molar-refractivity contribution in [2.24, 2.45) is 0 Å². The van der Waals surface area contributed by atoms with E-state index in [1.54, 1.807) is 0 Å². The van der Waals surface area contributed by atoms with Crippen LogP contribution in [0.3, 0.4) is 0 Å². The van der Waals surface area contributed by atoms with Crippen molar-refractivity contribution < 1.29 is 69.1 Å². The zero-order valence-corrected chi connectivity index (χ0v) is 19.6. The number of benzene rings is 2. The molecule has 1 aliphatic rings. The summed E-state index contributed by atoms with van der Waals surface area (Å²) in [5.74, 6) is -6.09. The Kier molecular flexibility index (Phi) is 7.51. The molecular weight excluding hydrogens is 528 g/mol. The maximum Gasteiger partial charge on any atom is 0.317 e. The van der Waals surface area contributed by atoms with Crippen LogP contribution in [0.25, 0.3) is 22.3 Å². The zero-order chi connectivity index (χ0) is 28.6. The number of carbonyl (C=O) groups excluding carboxylic acids is 1. The summed E-state index contributed by atoms with van der Waals surface area (Å²) >= 11 is 0. The second-order valence-electron chi connectivity index (χ2n) is 8.52. The fourth-order valence-electron chi connectivity index (χ4n) is 3.85. The molecule has 0 saturated carbocycles. The van der Waals surface area contributed by atoms with Crippen LogP contribution in [0, 0.1) is 0 Å². The third-order valence-corrected chi connectivity index (χ3v) is 5.76. The SMILES string of the molecule is O=C(O)CC(=O)OC[C@H]1O[C@H](Oc2c(-c3ccc(O)c(O)c3)oc3cc(O)cc(O)c3c2=O)[C@H](O)[C@H](O)[C@H]1O. The minimum absolute atomic E-state index is 0.0489. The monoisotopic (exact) mass is 550 g/mol. The molecule has 15 heteroatoms. The second kappa shape index (κ2) is 10.7. The molecule has 2 aromatic carbocycles. The first-order chi connectivity index (χ1) is 18.4. The molecule has 0 unspecified atom stereocenters. The second-order valence-corrected chi connectivity index (χ2v) is 8.52. The Labute approximate surface area is 216 Å². The Morgan fingerprint density at radius 1 is 0.897 bits per heavy atom. The van der Waals surface area contributed by atoms with Gasteiger partial charge in [0.15, 0.2) is 17.3 Å². The van der Waals surface area contributed by atoms with Gasteiger partial charge in [-0.15, -0.1) is 0 Å². The molecule has 0 aliphatic carbocycles. The lowest BCUT2D eigenvalue weighted by Crippen LogP contribution is -2.60. The minimum atomic E-state index is -1.99. The number of phenolic OH excluding ortho intramolecular Hbond substituents is 4. The first-order valence-electron chi connectivity index (χ1n) is 11.2. The molecule has 1 saturated heterocycles. The van der Waals surface area contributed by atoms with Gasteiger partial charge < -0.3 is 59.5 Å². The molecule has 15 nitrogen and oxygen atoms in total. The fraction of sp³-hybridized carbons (Fsp3) is 0.292. The van der Waals surface area contributed by atoms with E-state index in [9.17, 15) is 50.1 Å². The summed E-state index contributed by atoms with van der Waals surface area (Å²) in [6.45, 7) is -0.762. The summed E-state index contributed by atoms with van der Waals surface area (Å²) in [7, 11) is 0. The van der Waals surface area contributed by atoms with Crippen molar-refractivity contribution in [1.29, 1.82) is 0 Å². The number of hydrogen-bond donors (Lipinski definition) is 8. The molecule has 2 heterocycles. The number of esters is 1. The lowest BCUT2D eigenvalue weighted by Gasteiger charge is -2.39. The Morgan fingerprint density at radius 3 is 2.28 bits per heavy atom. The van der Waals surface area contributed by atoms with E-state index in [1.807, 2.05) is 0 Å². The Morgan fingerprint density at radius 2 is 1.62 bits per heavy atom. The molecule has 1 fully saturated rings. The van der Waals surface area contributed by atoms with Crippen molar-refractivity contribution in [3.05, 3.63) is 40.6 Å². The summed E-state index contributed by atoms with van der Waals surface area (Å²) in [6, 6.07) is 5.14. The smallest absolute Gasteiger partial charge is 0.317 e. The van der Waals surface area contributed by atoms with Crippen molar-refractivity contribution in [1.82, 2.24) is 0 Å². The number of carboxylic acids is 1. The van der Waals surface area contributed by atoms with Gasteiger partial charge in [0.25, 0.3) is 0 Å². The predicted molar refractivity (Wildman–Crippen MR) is 125 cm³/mol. The van der Waals surface area contributed by atoms with Crippen molar-refractivity contribution in [3.8, 4) is 40.1 Å². The van der Waals surface area contributed by atoms with Crippen molar-refractivity contribution in [2.45, 2.75) is 37.1 Å². The number of carboxylic acid groups (broad SMARTS) is 1. The van der Waals surface area contributed by atoms with Gasteiger partial charge >= 0.3 is 11.9 Å². The molecule has 3 aromatic rings. The van der Waals surface area contributed by atoms with E-state index in [0.717, 1.165) is 24.3 Å². The summed E-state index contributed by atoms with van der Waals surface area (Å²) in [4.78, 5) is 35.7. The maximum atomic E-state index is 13.4. The molecule has 1 aromatic heterocycles. The van der Waals surface area contributed by atoms with Gasteiger partial charge in [-0.25, -0.2) is 0 Å². The van der Waals surface area contributed by atoms with Crippen LogP contribution in [0.1, 0.15) is 6.42 Å². The van der Waals surface area contributed by atoms with Gasteiger partial charge in [0.2, 0.25) is 17.5 Å². The number of phenols is 4. The highest BCUT2D eigenvalue weighted by Gasteiger charge is 2.46. The molecule has 0 radical (unpaired) electrons.